The van der Waals surface area contributed by atoms with E-state index in [0.29, 0.717) is 29.5 Å². The summed E-state index contributed by atoms with van der Waals surface area (Å²) in [5.74, 6) is -0.985. The van der Waals surface area contributed by atoms with Crippen molar-refractivity contribution in [2.45, 2.75) is 38.1 Å². The van der Waals surface area contributed by atoms with E-state index in [4.69, 9.17) is 9.47 Å². The first-order valence-corrected chi connectivity index (χ1v) is 12.6. The summed E-state index contributed by atoms with van der Waals surface area (Å²) in [4.78, 5) is 53.7. The standard InChI is InChI=1S/C27H30N4O6.ClH/c1-36-22-16-17(37-15-14-30-12-3-2-4-13-30)8-9-19(22)28-20-7-5-6-18-24(20)27(35)31(26(18)34)21-10-11-23(32)29-25(21)33;/h5-9,16,21,28H,2-4,10-15H2,1H3,(H,29,32,33);1H. The highest BCUT2D eigenvalue weighted by Crippen LogP contribution is 2.37. The maximum absolute atomic E-state index is 13.3. The quantitative estimate of drug-likeness (QED) is 0.489. The molecule has 0 spiro atoms. The molecule has 2 aromatic carbocycles. The van der Waals surface area contributed by atoms with E-state index in [0.717, 1.165) is 24.5 Å². The van der Waals surface area contributed by atoms with Crippen LogP contribution in [0.3, 0.4) is 0 Å². The number of ether oxygens (including phenoxy) is 2. The Morgan fingerprint density at radius 2 is 1.79 bits per heavy atom. The molecule has 4 amide bonds. The zero-order chi connectivity index (χ0) is 25.9. The molecule has 11 heteroatoms. The predicted octanol–water partition coefficient (Wildman–Crippen LogP) is 3.13. The second kappa shape index (κ2) is 11.8. The fraction of sp³-hybridized carbons (Fsp3) is 0.407. The molecule has 5 rings (SSSR count). The molecule has 38 heavy (non-hydrogen) atoms. The number of nitrogens with one attached hydrogen (secondary N) is 2. The summed E-state index contributed by atoms with van der Waals surface area (Å²) in [6, 6.07) is 9.31. The van der Waals surface area contributed by atoms with Gasteiger partial charge in [0.25, 0.3) is 11.8 Å². The van der Waals surface area contributed by atoms with E-state index in [-0.39, 0.29) is 36.4 Å². The van der Waals surface area contributed by atoms with Crippen molar-refractivity contribution < 1.29 is 28.7 Å². The third-order valence-corrected chi connectivity index (χ3v) is 7.04. The Morgan fingerprint density at radius 1 is 1.00 bits per heavy atom. The fourth-order valence-corrected chi connectivity index (χ4v) is 5.10. The van der Waals surface area contributed by atoms with Crippen LogP contribution in [-0.4, -0.2) is 72.8 Å². The van der Waals surface area contributed by atoms with E-state index in [1.54, 1.807) is 37.4 Å². The summed E-state index contributed by atoms with van der Waals surface area (Å²) in [6.07, 6.45) is 3.93. The Bertz CT molecular complexity index is 1250. The summed E-state index contributed by atoms with van der Waals surface area (Å²) >= 11 is 0. The van der Waals surface area contributed by atoms with Crippen molar-refractivity contribution in [1.82, 2.24) is 15.1 Å². The minimum absolute atomic E-state index is 0. The topological polar surface area (TPSA) is 117 Å². The predicted molar refractivity (Wildman–Crippen MR) is 142 cm³/mol. The van der Waals surface area contributed by atoms with Gasteiger partial charge >= 0.3 is 0 Å². The number of imide groups is 2. The molecule has 2 fully saturated rings. The SMILES string of the molecule is COc1cc(OCCN2CCCCC2)ccc1Nc1cccc2c1C(=O)N(C1CCC(=O)NC1=O)C2=O.Cl. The van der Waals surface area contributed by atoms with Gasteiger partial charge in [-0.2, -0.15) is 0 Å². The van der Waals surface area contributed by atoms with Gasteiger partial charge in [-0.25, -0.2) is 0 Å². The highest BCUT2D eigenvalue weighted by atomic mass is 35.5. The lowest BCUT2D eigenvalue weighted by Gasteiger charge is -2.27. The maximum atomic E-state index is 13.3. The third-order valence-electron chi connectivity index (χ3n) is 7.04. The van der Waals surface area contributed by atoms with Crippen molar-refractivity contribution in [3.63, 3.8) is 0 Å². The number of carbonyl (C=O) groups is 4. The smallest absolute Gasteiger partial charge is 0.264 e. The summed E-state index contributed by atoms with van der Waals surface area (Å²) in [6.45, 7) is 3.67. The highest BCUT2D eigenvalue weighted by molar-refractivity contribution is 6.25. The van der Waals surface area contributed by atoms with Crippen LogP contribution in [0.4, 0.5) is 11.4 Å². The Labute approximate surface area is 227 Å². The van der Waals surface area contributed by atoms with Crippen LogP contribution in [0.15, 0.2) is 36.4 Å². The normalized spacial score (nSPS) is 19.5. The van der Waals surface area contributed by atoms with Crippen molar-refractivity contribution in [3.8, 4) is 11.5 Å². The number of anilines is 2. The molecule has 1 atom stereocenters. The number of rotatable bonds is 8. The van der Waals surface area contributed by atoms with E-state index in [9.17, 15) is 19.2 Å². The maximum Gasteiger partial charge on any atom is 0.264 e. The van der Waals surface area contributed by atoms with Gasteiger partial charge in [0.05, 0.1) is 29.6 Å². The van der Waals surface area contributed by atoms with Crippen molar-refractivity contribution in [2.24, 2.45) is 0 Å². The summed E-state index contributed by atoms with van der Waals surface area (Å²) in [5, 5.41) is 5.42. The highest BCUT2D eigenvalue weighted by Gasteiger charge is 2.45. The Hall–Kier alpha value is -3.63. The lowest BCUT2D eigenvalue weighted by molar-refractivity contribution is -0.136. The summed E-state index contributed by atoms with van der Waals surface area (Å²) in [7, 11) is 1.55. The molecule has 0 bridgehead atoms. The Kier molecular flexibility index (Phi) is 8.53. The summed E-state index contributed by atoms with van der Waals surface area (Å²) < 4.78 is 11.5. The number of amides is 4. The molecule has 0 aromatic heterocycles. The van der Waals surface area contributed by atoms with Gasteiger partial charge in [0, 0.05) is 19.0 Å². The van der Waals surface area contributed by atoms with E-state index >= 15 is 0 Å². The van der Waals surface area contributed by atoms with E-state index in [1.807, 2.05) is 6.07 Å². The molecular weight excluding hydrogens is 512 g/mol. The zero-order valence-corrected chi connectivity index (χ0v) is 22.0. The minimum atomic E-state index is -1.02. The number of carbonyl (C=O) groups excluding carboxylic acids is 4. The van der Waals surface area contributed by atoms with Gasteiger partial charge in [0.1, 0.15) is 24.1 Å². The molecule has 0 aliphatic carbocycles. The van der Waals surface area contributed by atoms with Crippen LogP contribution < -0.4 is 20.1 Å². The number of hydrogen-bond acceptors (Lipinski definition) is 8. The van der Waals surface area contributed by atoms with Gasteiger partial charge in [-0.1, -0.05) is 12.5 Å². The Balaban J connectivity index is 0.00000336. The lowest BCUT2D eigenvalue weighted by atomic mass is 10.0. The second-order valence-corrected chi connectivity index (χ2v) is 9.41. The molecule has 0 saturated carbocycles. The number of nitrogens with zero attached hydrogens (tertiary/aromatic N) is 2. The molecule has 3 aliphatic rings. The molecule has 10 nitrogen and oxygen atoms in total. The molecule has 2 N–H and O–H groups in total. The van der Waals surface area contributed by atoms with Crippen LogP contribution in [0.25, 0.3) is 0 Å². The minimum Gasteiger partial charge on any atom is -0.494 e. The average molecular weight is 543 g/mol. The number of likely N-dealkylation sites (tertiary alicyclic amines) is 1. The van der Waals surface area contributed by atoms with Gasteiger partial charge < -0.3 is 14.8 Å². The number of methoxy groups -OCH3 is 1. The van der Waals surface area contributed by atoms with Gasteiger partial charge in [-0.3, -0.25) is 34.3 Å². The van der Waals surface area contributed by atoms with E-state index in [2.05, 4.69) is 15.5 Å². The van der Waals surface area contributed by atoms with Gasteiger partial charge in [-0.15, -0.1) is 12.4 Å². The van der Waals surface area contributed by atoms with E-state index in [1.165, 1.54) is 19.3 Å². The molecule has 202 valence electrons. The van der Waals surface area contributed by atoms with Crippen LogP contribution >= 0.6 is 12.4 Å². The fourth-order valence-electron chi connectivity index (χ4n) is 5.10. The monoisotopic (exact) mass is 542 g/mol. The number of benzene rings is 2. The summed E-state index contributed by atoms with van der Waals surface area (Å²) in [5.41, 5.74) is 1.40. The first-order valence-electron chi connectivity index (χ1n) is 12.6. The molecule has 2 aromatic rings. The van der Waals surface area contributed by atoms with Gasteiger partial charge in [0.15, 0.2) is 0 Å². The molecule has 3 aliphatic heterocycles. The van der Waals surface area contributed by atoms with Crippen LogP contribution in [0.2, 0.25) is 0 Å². The molecular formula is C27H31ClN4O6. The van der Waals surface area contributed by atoms with Crippen LogP contribution in [-0.2, 0) is 9.59 Å². The first-order chi connectivity index (χ1) is 18.0. The lowest BCUT2D eigenvalue weighted by Crippen LogP contribution is -2.54. The Morgan fingerprint density at radius 3 is 2.53 bits per heavy atom. The van der Waals surface area contributed by atoms with Gasteiger partial charge in [-0.05, 0) is 56.6 Å². The number of hydrogen-bond donors (Lipinski definition) is 2. The number of piperidine rings is 2. The average Bonchev–Trinajstić information content (AvgIpc) is 3.16. The number of halogens is 1. The van der Waals surface area contributed by atoms with Crippen LogP contribution in [0, 0.1) is 0 Å². The van der Waals surface area contributed by atoms with E-state index < -0.39 is 29.7 Å². The second-order valence-electron chi connectivity index (χ2n) is 9.41. The molecule has 3 heterocycles. The largest absolute Gasteiger partial charge is 0.494 e. The van der Waals surface area contributed by atoms with Crippen LogP contribution in [0.5, 0.6) is 11.5 Å². The van der Waals surface area contributed by atoms with Gasteiger partial charge in [0.2, 0.25) is 11.8 Å². The molecule has 0 radical (unpaired) electrons. The van der Waals surface area contributed by atoms with Crippen LogP contribution in [0.1, 0.15) is 52.8 Å². The third kappa shape index (κ3) is 5.46. The molecule has 2 saturated heterocycles. The van der Waals surface area contributed by atoms with Crippen molar-refractivity contribution >= 4 is 47.4 Å². The van der Waals surface area contributed by atoms with Crippen molar-refractivity contribution in [2.75, 3.05) is 38.7 Å². The first kappa shape index (κ1) is 27.4. The van der Waals surface area contributed by atoms with Crippen molar-refractivity contribution in [3.05, 3.63) is 47.5 Å². The van der Waals surface area contributed by atoms with Crippen molar-refractivity contribution in [1.29, 1.82) is 0 Å². The molecule has 1 unspecified atom stereocenters. The number of fused-ring (bicyclic) bond motifs is 1. The zero-order valence-electron chi connectivity index (χ0n) is 21.2.